The Balaban J connectivity index is 2.08. The zero-order valence-electron chi connectivity index (χ0n) is 11.5. The van der Waals surface area contributed by atoms with Gasteiger partial charge in [-0.25, -0.2) is 14.4 Å². The zero-order chi connectivity index (χ0) is 14.5. The van der Waals surface area contributed by atoms with Gasteiger partial charge in [0.1, 0.15) is 18.3 Å². The number of hydrogen-bond donors (Lipinski definition) is 1. The molecular formula is C15H17FIN3. The lowest BCUT2D eigenvalue weighted by Crippen LogP contribution is -2.20. The summed E-state index contributed by atoms with van der Waals surface area (Å²) in [4.78, 5) is 8.20. The van der Waals surface area contributed by atoms with E-state index in [4.69, 9.17) is 0 Å². The Morgan fingerprint density at radius 2 is 1.90 bits per heavy atom. The van der Waals surface area contributed by atoms with Crippen molar-refractivity contribution >= 4 is 28.4 Å². The topological polar surface area (TPSA) is 37.8 Å². The predicted octanol–water partition coefficient (Wildman–Crippen LogP) is 4.15. The number of alkyl halides is 1. The molecule has 0 saturated heterocycles. The van der Waals surface area contributed by atoms with Gasteiger partial charge in [-0.15, -0.1) is 0 Å². The van der Waals surface area contributed by atoms with Crippen LogP contribution in [0.5, 0.6) is 0 Å². The van der Waals surface area contributed by atoms with E-state index in [9.17, 15) is 4.39 Å². The zero-order valence-corrected chi connectivity index (χ0v) is 13.6. The monoisotopic (exact) mass is 385 g/mol. The van der Waals surface area contributed by atoms with Crippen LogP contribution < -0.4 is 5.32 Å². The van der Waals surface area contributed by atoms with Crippen molar-refractivity contribution in [2.75, 3.05) is 5.32 Å². The Morgan fingerprint density at radius 3 is 2.55 bits per heavy atom. The molecule has 0 amide bonds. The van der Waals surface area contributed by atoms with Crippen LogP contribution in [0.25, 0.3) is 0 Å². The summed E-state index contributed by atoms with van der Waals surface area (Å²) in [6.45, 7) is 3.57. The third-order valence-electron chi connectivity index (χ3n) is 2.96. The molecule has 5 heteroatoms. The highest BCUT2D eigenvalue weighted by Crippen LogP contribution is 2.25. The highest BCUT2D eigenvalue weighted by Gasteiger charge is 2.15. The van der Waals surface area contributed by atoms with E-state index in [1.165, 1.54) is 18.8 Å². The van der Waals surface area contributed by atoms with Gasteiger partial charge in [-0.1, -0.05) is 30.3 Å². The van der Waals surface area contributed by atoms with Gasteiger partial charge in [-0.2, -0.15) is 0 Å². The van der Waals surface area contributed by atoms with Crippen molar-refractivity contribution in [2.24, 2.45) is 0 Å². The Hall–Kier alpha value is -1.24. The molecule has 1 N–H and O–H groups in total. The molecule has 0 bridgehead atoms. The lowest BCUT2D eigenvalue weighted by Gasteiger charge is -2.17. The fourth-order valence-electron chi connectivity index (χ4n) is 2.01. The minimum absolute atomic E-state index is 0.212. The Kier molecular flexibility index (Phi) is 5.28. The van der Waals surface area contributed by atoms with Gasteiger partial charge in [0.2, 0.25) is 0 Å². The molecule has 1 aromatic carbocycles. The molecule has 2 atom stereocenters. The Labute approximate surface area is 132 Å². The fourth-order valence-corrected chi connectivity index (χ4v) is 2.88. The number of rotatable bonds is 5. The molecule has 106 valence electrons. The van der Waals surface area contributed by atoms with E-state index in [1.807, 2.05) is 18.2 Å². The highest BCUT2D eigenvalue weighted by atomic mass is 127. The van der Waals surface area contributed by atoms with Gasteiger partial charge < -0.3 is 5.32 Å². The smallest absolute Gasteiger partial charge is 0.143 e. The van der Waals surface area contributed by atoms with Crippen LogP contribution in [0, 0.1) is 3.57 Å². The van der Waals surface area contributed by atoms with Gasteiger partial charge in [0.05, 0.1) is 9.26 Å². The third kappa shape index (κ3) is 3.88. The van der Waals surface area contributed by atoms with Gasteiger partial charge in [0.25, 0.3) is 0 Å². The molecule has 1 aromatic heterocycles. The number of nitrogens with one attached hydrogen (secondary N) is 1. The molecule has 0 spiro atoms. The average molecular weight is 385 g/mol. The maximum absolute atomic E-state index is 13.4. The molecule has 2 rings (SSSR count). The molecule has 0 radical (unpaired) electrons. The number of anilines is 1. The minimum Gasteiger partial charge on any atom is -0.366 e. The van der Waals surface area contributed by atoms with Crippen molar-refractivity contribution in [1.29, 1.82) is 0 Å². The van der Waals surface area contributed by atoms with Crippen molar-refractivity contribution in [1.82, 2.24) is 9.97 Å². The molecule has 20 heavy (non-hydrogen) atoms. The summed E-state index contributed by atoms with van der Waals surface area (Å²) in [5.74, 6) is 0.698. The van der Waals surface area contributed by atoms with Crippen molar-refractivity contribution in [3.63, 3.8) is 0 Å². The van der Waals surface area contributed by atoms with E-state index < -0.39 is 6.17 Å². The summed E-state index contributed by atoms with van der Waals surface area (Å²) in [6.07, 6.45) is 1.21. The maximum Gasteiger partial charge on any atom is 0.143 e. The lowest BCUT2D eigenvalue weighted by atomic mass is 10.1. The molecule has 1 heterocycles. The van der Waals surface area contributed by atoms with E-state index in [0.717, 1.165) is 9.99 Å². The first-order chi connectivity index (χ1) is 9.58. The molecule has 0 saturated carbocycles. The van der Waals surface area contributed by atoms with E-state index in [0.29, 0.717) is 11.5 Å². The van der Waals surface area contributed by atoms with Crippen molar-refractivity contribution < 1.29 is 4.39 Å². The quantitative estimate of drug-likeness (QED) is 0.786. The van der Waals surface area contributed by atoms with Crippen LogP contribution in [0.1, 0.15) is 31.3 Å². The number of halogens is 2. The lowest BCUT2D eigenvalue weighted by molar-refractivity contribution is 0.363. The molecule has 0 aliphatic carbocycles. The van der Waals surface area contributed by atoms with Gasteiger partial charge in [-0.05, 0) is 48.4 Å². The van der Waals surface area contributed by atoms with Crippen LogP contribution in [-0.2, 0) is 6.42 Å². The predicted molar refractivity (Wildman–Crippen MR) is 87.5 cm³/mol. The van der Waals surface area contributed by atoms with Crippen LogP contribution >= 0.6 is 22.6 Å². The first kappa shape index (κ1) is 15.2. The highest BCUT2D eigenvalue weighted by molar-refractivity contribution is 14.1. The number of hydrogen-bond acceptors (Lipinski definition) is 3. The van der Waals surface area contributed by atoms with Gasteiger partial charge >= 0.3 is 0 Å². The van der Waals surface area contributed by atoms with Crippen LogP contribution in [-0.4, -0.2) is 16.0 Å². The molecule has 3 nitrogen and oxygen atoms in total. The largest absolute Gasteiger partial charge is 0.366 e. The summed E-state index contributed by atoms with van der Waals surface area (Å²) in [7, 11) is 0. The third-order valence-corrected chi connectivity index (χ3v) is 4.02. The molecular weight excluding hydrogens is 368 g/mol. The number of aromatic nitrogens is 2. The number of nitrogens with zero attached hydrogens (tertiary/aromatic N) is 2. The summed E-state index contributed by atoms with van der Waals surface area (Å²) >= 11 is 2.09. The number of benzene rings is 1. The van der Waals surface area contributed by atoms with Crippen molar-refractivity contribution in [2.45, 2.75) is 32.5 Å². The summed E-state index contributed by atoms with van der Waals surface area (Å²) in [5, 5.41) is 3.33. The fraction of sp³-hybridized carbons (Fsp3) is 0.333. The van der Waals surface area contributed by atoms with E-state index in [1.54, 1.807) is 0 Å². The second-order valence-corrected chi connectivity index (χ2v) is 5.85. The normalized spacial score (nSPS) is 13.8. The summed E-state index contributed by atoms with van der Waals surface area (Å²) in [6, 6.07) is 10.5. The van der Waals surface area contributed by atoms with E-state index >= 15 is 0 Å². The average Bonchev–Trinajstić information content (AvgIpc) is 2.42. The minimum atomic E-state index is -1.09. The van der Waals surface area contributed by atoms with Crippen molar-refractivity contribution in [3.8, 4) is 0 Å². The van der Waals surface area contributed by atoms with Gasteiger partial charge in [-0.3, -0.25) is 0 Å². The Bertz CT molecular complexity index is 560. The maximum atomic E-state index is 13.4. The molecule has 0 aliphatic rings. The molecule has 2 unspecified atom stereocenters. The molecule has 2 aromatic rings. The van der Waals surface area contributed by atoms with Crippen LogP contribution in [0.4, 0.5) is 10.2 Å². The van der Waals surface area contributed by atoms with E-state index in [-0.39, 0.29) is 6.04 Å². The SMILES string of the molecule is CC(Cc1ccccc1)Nc1ncnc(C(C)F)c1I. The first-order valence-electron chi connectivity index (χ1n) is 6.53. The van der Waals surface area contributed by atoms with Crippen LogP contribution in [0.3, 0.4) is 0 Å². The Morgan fingerprint density at radius 1 is 1.20 bits per heavy atom. The molecule has 0 fully saturated rings. The van der Waals surface area contributed by atoms with Gasteiger partial charge in [0.15, 0.2) is 0 Å². The first-order valence-corrected chi connectivity index (χ1v) is 7.60. The van der Waals surface area contributed by atoms with E-state index in [2.05, 4.69) is 56.9 Å². The second-order valence-electron chi connectivity index (χ2n) is 4.77. The van der Waals surface area contributed by atoms with Gasteiger partial charge in [0, 0.05) is 6.04 Å². The van der Waals surface area contributed by atoms with Crippen molar-refractivity contribution in [3.05, 3.63) is 51.5 Å². The molecule has 0 aliphatic heterocycles. The standard InChI is InChI=1S/C15H17FIN3/c1-10(8-12-6-4-3-5-7-12)20-15-13(17)14(11(2)16)18-9-19-15/h3-7,9-11H,8H2,1-2H3,(H,18,19,20). The summed E-state index contributed by atoms with van der Waals surface area (Å²) < 4.78 is 14.2. The summed E-state index contributed by atoms with van der Waals surface area (Å²) in [5.41, 5.74) is 1.70. The van der Waals surface area contributed by atoms with Crippen LogP contribution in [0.15, 0.2) is 36.7 Å². The second kappa shape index (κ2) is 6.97. The van der Waals surface area contributed by atoms with Crippen LogP contribution in [0.2, 0.25) is 0 Å².